The highest BCUT2D eigenvalue weighted by Crippen LogP contribution is 2.39. The summed E-state index contributed by atoms with van der Waals surface area (Å²) in [5, 5.41) is 2.56. The Morgan fingerprint density at radius 2 is 0.976 bits per heavy atom. The average molecular weight is 543 g/mol. The molecule has 0 radical (unpaired) electrons. The van der Waals surface area contributed by atoms with Crippen LogP contribution in [0.4, 0.5) is 17.1 Å². The van der Waals surface area contributed by atoms with Crippen molar-refractivity contribution >= 4 is 38.9 Å². The van der Waals surface area contributed by atoms with Gasteiger partial charge in [0.15, 0.2) is 0 Å². The van der Waals surface area contributed by atoms with Gasteiger partial charge in [-0.2, -0.15) is 0 Å². The van der Waals surface area contributed by atoms with Crippen molar-refractivity contribution in [2.75, 3.05) is 4.90 Å². The van der Waals surface area contributed by atoms with E-state index in [1.54, 1.807) is 0 Å². The molecular weight excluding hydrogens is 508 g/mol. The number of benzene rings is 6. The Morgan fingerprint density at radius 3 is 1.60 bits per heavy atom. The van der Waals surface area contributed by atoms with Gasteiger partial charge in [-0.15, -0.1) is 0 Å². The molecule has 0 saturated heterocycles. The maximum absolute atomic E-state index is 2.39. The number of fused-ring (bicyclic) bond motifs is 3. The van der Waals surface area contributed by atoms with Crippen molar-refractivity contribution in [3.63, 3.8) is 0 Å². The van der Waals surface area contributed by atoms with E-state index in [9.17, 15) is 0 Å². The molecule has 42 heavy (non-hydrogen) atoms. The van der Waals surface area contributed by atoms with Gasteiger partial charge in [-0.25, -0.2) is 0 Å². The maximum atomic E-state index is 2.39. The molecular formula is C40H34N2. The lowest BCUT2D eigenvalue weighted by Crippen LogP contribution is -2.10. The summed E-state index contributed by atoms with van der Waals surface area (Å²) in [4.78, 5) is 2.32. The molecule has 0 unspecified atom stereocenters. The van der Waals surface area contributed by atoms with Gasteiger partial charge in [-0.3, -0.25) is 0 Å². The smallest absolute Gasteiger partial charge is 0.0541 e. The fraction of sp³-hybridized carbons (Fsp3) is 0.100. The molecule has 0 N–H and O–H groups in total. The van der Waals surface area contributed by atoms with E-state index in [2.05, 4.69) is 182 Å². The van der Waals surface area contributed by atoms with Crippen LogP contribution in [0, 0.1) is 0 Å². The van der Waals surface area contributed by atoms with Crippen LogP contribution in [-0.4, -0.2) is 4.57 Å². The number of anilines is 3. The summed E-state index contributed by atoms with van der Waals surface area (Å²) in [6, 6.07) is 54.6. The first kappa shape index (κ1) is 25.9. The Kier molecular flexibility index (Phi) is 6.40. The zero-order chi connectivity index (χ0) is 28.7. The van der Waals surface area contributed by atoms with E-state index in [1.165, 1.54) is 44.2 Å². The number of aromatic nitrogens is 1. The Morgan fingerprint density at radius 1 is 0.452 bits per heavy atom. The van der Waals surface area contributed by atoms with Gasteiger partial charge < -0.3 is 9.47 Å². The third-order valence-corrected chi connectivity index (χ3v) is 8.11. The largest absolute Gasteiger partial charge is 0.310 e. The summed E-state index contributed by atoms with van der Waals surface area (Å²) in [5.74, 6) is 0. The van der Waals surface area contributed by atoms with Crippen LogP contribution in [0.1, 0.15) is 26.3 Å². The predicted octanol–water partition coefficient (Wildman–Crippen LogP) is 11.2. The van der Waals surface area contributed by atoms with E-state index in [1.807, 2.05) is 0 Å². The molecule has 2 nitrogen and oxygen atoms in total. The Hall–Kier alpha value is -5.08. The second-order valence-corrected chi connectivity index (χ2v) is 11.9. The molecule has 204 valence electrons. The molecule has 0 aliphatic rings. The Labute approximate surface area is 248 Å². The summed E-state index contributed by atoms with van der Waals surface area (Å²) in [6.45, 7) is 6.85. The van der Waals surface area contributed by atoms with Gasteiger partial charge in [-0.05, 0) is 94.9 Å². The molecule has 0 fully saturated rings. The fourth-order valence-electron chi connectivity index (χ4n) is 5.95. The van der Waals surface area contributed by atoms with Crippen LogP contribution in [0.15, 0.2) is 152 Å². The van der Waals surface area contributed by atoms with E-state index < -0.39 is 0 Å². The molecule has 0 aliphatic carbocycles. The van der Waals surface area contributed by atoms with Gasteiger partial charge in [0.2, 0.25) is 0 Å². The number of hydrogen-bond acceptors (Lipinski definition) is 1. The normalized spacial score (nSPS) is 11.7. The van der Waals surface area contributed by atoms with Crippen LogP contribution in [0.2, 0.25) is 0 Å². The fourth-order valence-corrected chi connectivity index (χ4v) is 5.95. The van der Waals surface area contributed by atoms with Crippen LogP contribution in [0.25, 0.3) is 38.6 Å². The molecule has 7 aromatic rings. The van der Waals surface area contributed by atoms with Crippen molar-refractivity contribution in [1.29, 1.82) is 0 Å². The summed E-state index contributed by atoms with van der Waals surface area (Å²) in [7, 11) is 0. The molecule has 7 rings (SSSR count). The molecule has 0 spiro atoms. The molecule has 0 saturated carbocycles. The lowest BCUT2D eigenvalue weighted by molar-refractivity contribution is 0.591. The molecule has 0 aliphatic heterocycles. The van der Waals surface area contributed by atoms with E-state index in [-0.39, 0.29) is 5.41 Å². The van der Waals surface area contributed by atoms with Crippen LogP contribution >= 0.6 is 0 Å². The highest BCUT2D eigenvalue weighted by molar-refractivity contribution is 6.10. The van der Waals surface area contributed by atoms with Gasteiger partial charge in [0.1, 0.15) is 0 Å². The summed E-state index contributed by atoms with van der Waals surface area (Å²) in [6.07, 6.45) is 0. The molecule has 1 aromatic heterocycles. The minimum atomic E-state index is 0.0691. The van der Waals surface area contributed by atoms with Crippen molar-refractivity contribution < 1.29 is 0 Å². The van der Waals surface area contributed by atoms with Crippen molar-refractivity contribution in [2.24, 2.45) is 0 Å². The molecule has 0 bridgehead atoms. The highest BCUT2D eigenvalue weighted by Gasteiger charge is 2.19. The average Bonchev–Trinajstić information content (AvgIpc) is 3.35. The molecule has 6 aromatic carbocycles. The zero-order valence-electron chi connectivity index (χ0n) is 24.3. The topological polar surface area (TPSA) is 8.17 Å². The first-order chi connectivity index (χ1) is 20.5. The highest BCUT2D eigenvalue weighted by atomic mass is 15.1. The Bertz CT molecular complexity index is 1960. The van der Waals surface area contributed by atoms with Gasteiger partial charge in [0.25, 0.3) is 0 Å². The standard InChI is InChI=1S/C40H34N2/c1-40(2,3)31-23-25-39-37(28-31)36-27-30(22-24-38(36)42(39)34-19-11-6-12-20-34)29-14-13-21-35(26-29)41(32-15-7-4-8-16-32)33-17-9-5-10-18-33/h4-28H,1-3H3. The first-order valence-electron chi connectivity index (χ1n) is 14.6. The predicted molar refractivity (Wildman–Crippen MR) is 180 cm³/mol. The summed E-state index contributed by atoms with van der Waals surface area (Å²) >= 11 is 0. The second-order valence-electron chi connectivity index (χ2n) is 11.9. The van der Waals surface area contributed by atoms with Gasteiger partial charge in [-0.1, -0.05) is 99.6 Å². The zero-order valence-corrected chi connectivity index (χ0v) is 24.3. The number of nitrogens with zero attached hydrogens (tertiary/aromatic N) is 2. The van der Waals surface area contributed by atoms with Crippen molar-refractivity contribution in [1.82, 2.24) is 4.57 Å². The third-order valence-electron chi connectivity index (χ3n) is 8.11. The molecule has 0 atom stereocenters. The first-order valence-corrected chi connectivity index (χ1v) is 14.6. The lowest BCUT2D eigenvalue weighted by Gasteiger charge is -2.26. The minimum absolute atomic E-state index is 0.0691. The molecule has 2 heteroatoms. The number of para-hydroxylation sites is 3. The SMILES string of the molecule is CC(C)(C)c1ccc2c(c1)c1cc(-c3cccc(N(c4ccccc4)c4ccccc4)c3)ccc1n2-c1ccccc1. The van der Waals surface area contributed by atoms with Crippen molar-refractivity contribution in [2.45, 2.75) is 26.2 Å². The van der Waals surface area contributed by atoms with E-state index in [0.29, 0.717) is 0 Å². The van der Waals surface area contributed by atoms with E-state index >= 15 is 0 Å². The quantitative estimate of drug-likeness (QED) is 0.210. The minimum Gasteiger partial charge on any atom is -0.310 e. The maximum Gasteiger partial charge on any atom is 0.0541 e. The van der Waals surface area contributed by atoms with Gasteiger partial charge >= 0.3 is 0 Å². The van der Waals surface area contributed by atoms with E-state index in [0.717, 1.165) is 17.1 Å². The van der Waals surface area contributed by atoms with Crippen LogP contribution in [0.5, 0.6) is 0 Å². The van der Waals surface area contributed by atoms with Gasteiger partial charge in [0.05, 0.1) is 11.0 Å². The molecule has 0 amide bonds. The van der Waals surface area contributed by atoms with Crippen LogP contribution in [0.3, 0.4) is 0 Å². The Balaban J connectivity index is 1.41. The van der Waals surface area contributed by atoms with Crippen LogP contribution in [-0.2, 0) is 5.41 Å². The number of hydrogen-bond donors (Lipinski definition) is 0. The monoisotopic (exact) mass is 542 g/mol. The summed E-state index contributed by atoms with van der Waals surface area (Å²) < 4.78 is 2.39. The number of rotatable bonds is 5. The summed E-state index contributed by atoms with van der Waals surface area (Å²) in [5.41, 5.74) is 10.8. The van der Waals surface area contributed by atoms with E-state index in [4.69, 9.17) is 0 Å². The van der Waals surface area contributed by atoms with Crippen molar-refractivity contribution in [3.8, 4) is 16.8 Å². The third kappa shape index (κ3) is 4.65. The lowest BCUT2D eigenvalue weighted by atomic mass is 9.86. The van der Waals surface area contributed by atoms with Crippen molar-refractivity contribution in [3.05, 3.63) is 157 Å². The van der Waals surface area contributed by atoms with Gasteiger partial charge in [0, 0.05) is 33.5 Å². The van der Waals surface area contributed by atoms with Crippen LogP contribution < -0.4 is 4.90 Å². The molecule has 1 heterocycles. The second kappa shape index (κ2) is 10.4.